The maximum atomic E-state index is 13.1. The second-order valence-electron chi connectivity index (χ2n) is 6.71. The van der Waals surface area contributed by atoms with Crippen LogP contribution in [0.4, 0.5) is 10.1 Å². The van der Waals surface area contributed by atoms with Crippen molar-refractivity contribution in [3.05, 3.63) is 58.3 Å². The van der Waals surface area contributed by atoms with Crippen molar-refractivity contribution >= 4 is 37.5 Å². The van der Waals surface area contributed by atoms with E-state index in [0.717, 1.165) is 22.3 Å². The summed E-state index contributed by atoms with van der Waals surface area (Å²) in [6.45, 7) is 0.498. The Labute approximate surface area is 164 Å². The Morgan fingerprint density at radius 2 is 1.70 bits per heavy atom. The maximum Gasteiger partial charge on any atom is 0.255 e. The van der Waals surface area contributed by atoms with Gasteiger partial charge in [0.25, 0.3) is 5.91 Å². The van der Waals surface area contributed by atoms with Crippen LogP contribution in [0.5, 0.6) is 0 Å². The molecule has 9 heteroatoms. The summed E-state index contributed by atoms with van der Waals surface area (Å²) in [7, 11) is -3.69. The van der Waals surface area contributed by atoms with Crippen molar-refractivity contribution in [2.45, 2.75) is 23.4 Å². The molecule has 2 aliphatic rings. The molecule has 0 aliphatic carbocycles. The van der Waals surface area contributed by atoms with Gasteiger partial charge >= 0.3 is 0 Å². The molecule has 1 spiro atoms. The number of carbonyl (C=O) groups is 1. The van der Waals surface area contributed by atoms with Gasteiger partial charge in [-0.15, -0.1) is 0 Å². The van der Waals surface area contributed by atoms with Crippen molar-refractivity contribution in [3.8, 4) is 0 Å². The lowest BCUT2D eigenvalue weighted by Gasteiger charge is -2.45. The Hall–Kier alpha value is -1.97. The first-order valence-electron chi connectivity index (χ1n) is 8.45. The number of rotatable bonds is 2. The van der Waals surface area contributed by atoms with E-state index in [4.69, 9.17) is 0 Å². The van der Waals surface area contributed by atoms with Crippen molar-refractivity contribution in [3.63, 3.8) is 0 Å². The number of halogens is 2. The summed E-state index contributed by atoms with van der Waals surface area (Å²) < 4.78 is 40.8. The monoisotopic (exact) mass is 453 g/mol. The Balaban J connectivity index is 1.53. The average molecular weight is 454 g/mol. The second-order valence-corrected chi connectivity index (χ2v) is 9.56. The van der Waals surface area contributed by atoms with Crippen molar-refractivity contribution in [1.82, 2.24) is 9.62 Å². The molecule has 2 aliphatic heterocycles. The van der Waals surface area contributed by atoms with Crippen LogP contribution in [0, 0.1) is 5.82 Å². The third-order valence-electron chi connectivity index (χ3n) is 4.98. The van der Waals surface area contributed by atoms with E-state index in [-0.39, 0.29) is 23.9 Å². The number of hydrogen-bond donors (Lipinski definition) is 2. The minimum absolute atomic E-state index is 0.0654. The fraction of sp³-hybridized carbons (Fsp3) is 0.278. The lowest BCUT2D eigenvalue weighted by Crippen LogP contribution is -2.62. The molecule has 1 amide bonds. The fourth-order valence-corrected chi connectivity index (χ4v) is 5.30. The predicted octanol–water partition coefficient (Wildman–Crippen LogP) is 2.92. The number of sulfonamides is 1. The molecule has 2 heterocycles. The Bertz CT molecular complexity index is 1000. The molecule has 1 fully saturated rings. The number of nitrogens with one attached hydrogen (secondary N) is 2. The number of benzene rings is 2. The zero-order chi connectivity index (χ0) is 19.2. The number of amides is 1. The first kappa shape index (κ1) is 18.4. The van der Waals surface area contributed by atoms with Gasteiger partial charge in [-0.1, -0.05) is 15.9 Å². The van der Waals surface area contributed by atoms with Gasteiger partial charge in [0.05, 0.1) is 10.5 Å². The van der Waals surface area contributed by atoms with Gasteiger partial charge in [0.2, 0.25) is 10.0 Å². The van der Waals surface area contributed by atoms with Gasteiger partial charge in [-0.2, -0.15) is 4.31 Å². The quantitative estimate of drug-likeness (QED) is 0.732. The average Bonchev–Trinajstić information content (AvgIpc) is 2.63. The molecule has 0 aromatic heterocycles. The van der Waals surface area contributed by atoms with E-state index in [1.807, 2.05) is 12.1 Å². The van der Waals surface area contributed by atoms with Crippen molar-refractivity contribution in [1.29, 1.82) is 0 Å². The first-order chi connectivity index (χ1) is 12.8. The molecule has 4 rings (SSSR count). The maximum absolute atomic E-state index is 13.1. The van der Waals surface area contributed by atoms with Crippen LogP contribution in [0.1, 0.15) is 23.2 Å². The van der Waals surface area contributed by atoms with Crippen LogP contribution in [0.25, 0.3) is 0 Å². The standard InChI is InChI=1S/C18H17BrFN3O3S/c19-12-1-6-16-15(11-12)17(24)22-18(21-16)7-9-23(10-8-18)27(25,26)14-4-2-13(20)3-5-14/h1-6,11,21H,7-10H2,(H,22,24). The summed E-state index contributed by atoms with van der Waals surface area (Å²) in [5.41, 5.74) is 0.611. The zero-order valence-corrected chi connectivity index (χ0v) is 16.6. The number of piperidine rings is 1. The molecule has 6 nitrogen and oxygen atoms in total. The van der Waals surface area contributed by atoms with Gasteiger partial charge < -0.3 is 10.6 Å². The molecule has 0 radical (unpaired) electrons. The van der Waals surface area contributed by atoms with E-state index in [0.29, 0.717) is 18.4 Å². The lowest BCUT2D eigenvalue weighted by atomic mass is 9.93. The highest BCUT2D eigenvalue weighted by molar-refractivity contribution is 9.10. The van der Waals surface area contributed by atoms with Gasteiger partial charge in [0.1, 0.15) is 11.5 Å². The van der Waals surface area contributed by atoms with E-state index < -0.39 is 21.5 Å². The van der Waals surface area contributed by atoms with Gasteiger partial charge in [0.15, 0.2) is 0 Å². The molecule has 0 saturated carbocycles. The van der Waals surface area contributed by atoms with E-state index in [2.05, 4.69) is 26.6 Å². The normalized spacial score (nSPS) is 19.3. The number of hydrogen-bond acceptors (Lipinski definition) is 4. The molecule has 2 aromatic rings. The number of fused-ring (bicyclic) bond motifs is 1. The summed E-state index contributed by atoms with van der Waals surface area (Å²) in [6.07, 6.45) is 0.851. The molecular weight excluding hydrogens is 437 g/mol. The van der Waals surface area contributed by atoms with Gasteiger partial charge in [-0.3, -0.25) is 4.79 Å². The SMILES string of the molecule is O=C1NC2(CCN(S(=O)(=O)c3ccc(F)cc3)CC2)Nc2ccc(Br)cc21. The van der Waals surface area contributed by atoms with Gasteiger partial charge in [-0.05, 0) is 42.5 Å². The topological polar surface area (TPSA) is 78.5 Å². The van der Waals surface area contributed by atoms with E-state index in [9.17, 15) is 17.6 Å². The van der Waals surface area contributed by atoms with Crippen molar-refractivity contribution < 1.29 is 17.6 Å². The van der Waals surface area contributed by atoms with Crippen LogP contribution in [-0.2, 0) is 10.0 Å². The van der Waals surface area contributed by atoms with Gasteiger partial charge in [0, 0.05) is 36.1 Å². The number of nitrogens with zero attached hydrogens (tertiary/aromatic N) is 1. The van der Waals surface area contributed by atoms with E-state index >= 15 is 0 Å². The predicted molar refractivity (Wildman–Crippen MR) is 102 cm³/mol. The summed E-state index contributed by atoms with van der Waals surface area (Å²) in [5.74, 6) is -0.661. The first-order valence-corrected chi connectivity index (χ1v) is 10.7. The lowest BCUT2D eigenvalue weighted by molar-refractivity contribution is 0.0865. The number of anilines is 1. The summed E-state index contributed by atoms with van der Waals surface area (Å²) >= 11 is 3.36. The van der Waals surface area contributed by atoms with E-state index in [1.54, 1.807) is 6.07 Å². The van der Waals surface area contributed by atoms with Gasteiger partial charge in [-0.25, -0.2) is 12.8 Å². The third kappa shape index (κ3) is 3.35. The molecule has 0 unspecified atom stereocenters. The van der Waals surface area contributed by atoms with E-state index in [1.165, 1.54) is 16.4 Å². The molecule has 0 atom stereocenters. The van der Waals surface area contributed by atoms with Crippen molar-refractivity contribution in [2.75, 3.05) is 18.4 Å². The molecule has 142 valence electrons. The minimum Gasteiger partial charge on any atom is -0.362 e. The van der Waals surface area contributed by atoms with Crippen LogP contribution in [0.2, 0.25) is 0 Å². The highest BCUT2D eigenvalue weighted by atomic mass is 79.9. The molecule has 1 saturated heterocycles. The van der Waals surface area contributed by atoms with Crippen LogP contribution in [-0.4, -0.2) is 37.4 Å². The summed E-state index contributed by atoms with van der Waals surface area (Å²) in [5, 5.41) is 6.36. The Kier molecular flexibility index (Phi) is 4.48. The zero-order valence-electron chi connectivity index (χ0n) is 14.2. The minimum atomic E-state index is -3.69. The van der Waals surface area contributed by atoms with Crippen LogP contribution >= 0.6 is 15.9 Å². The van der Waals surface area contributed by atoms with Crippen LogP contribution in [0.15, 0.2) is 51.8 Å². The summed E-state index contributed by atoms with van der Waals surface area (Å²) in [6, 6.07) is 10.2. The second kappa shape index (κ2) is 6.57. The number of carbonyl (C=O) groups excluding carboxylic acids is 1. The molecule has 0 bridgehead atoms. The molecule has 27 heavy (non-hydrogen) atoms. The fourth-order valence-electron chi connectivity index (χ4n) is 3.50. The highest BCUT2D eigenvalue weighted by Gasteiger charge is 2.42. The largest absolute Gasteiger partial charge is 0.362 e. The Morgan fingerprint density at radius 3 is 2.37 bits per heavy atom. The Morgan fingerprint density at radius 1 is 1.04 bits per heavy atom. The summed E-state index contributed by atoms with van der Waals surface area (Å²) in [4.78, 5) is 12.6. The smallest absolute Gasteiger partial charge is 0.255 e. The van der Waals surface area contributed by atoms with Crippen molar-refractivity contribution in [2.24, 2.45) is 0 Å². The molecule has 2 aromatic carbocycles. The molecular formula is C18H17BrFN3O3S. The third-order valence-corrected chi connectivity index (χ3v) is 7.39. The van der Waals surface area contributed by atoms with Crippen LogP contribution < -0.4 is 10.6 Å². The highest BCUT2D eigenvalue weighted by Crippen LogP contribution is 2.34. The van der Waals surface area contributed by atoms with Crippen LogP contribution in [0.3, 0.4) is 0 Å². The molecule has 2 N–H and O–H groups in total.